The zero-order valence-electron chi connectivity index (χ0n) is 21.0. The molecular formula is C31H21NO7. The highest BCUT2D eigenvalue weighted by Crippen LogP contribution is 2.48. The van der Waals surface area contributed by atoms with E-state index in [0.29, 0.717) is 33.4 Å². The van der Waals surface area contributed by atoms with E-state index in [2.05, 4.69) is 0 Å². The van der Waals surface area contributed by atoms with Gasteiger partial charge in [0.2, 0.25) is 5.78 Å². The van der Waals surface area contributed by atoms with Crippen LogP contribution in [0.1, 0.15) is 39.4 Å². The van der Waals surface area contributed by atoms with Crippen LogP contribution < -0.4 is 19.6 Å². The van der Waals surface area contributed by atoms with Crippen molar-refractivity contribution in [2.75, 3.05) is 7.11 Å². The smallest absolute Gasteiger partial charge is 0.312 e. The lowest BCUT2D eigenvalue weighted by Gasteiger charge is -2.25. The lowest BCUT2D eigenvalue weighted by atomic mass is 9.85. The van der Waals surface area contributed by atoms with E-state index in [1.54, 1.807) is 49.6 Å². The molecule has 0 saturated heterocycles. The molecule has 0 amide bonds. The average Bonchev–Trinajstić information content (AvgIpc) is 3.43. The Morgan fingerprint density at radius 1 is 1.00 bits per heavy atom. The number of para-hydroxylation sites is 1. The number of fused-ring (bicyclic) bond motifs is 5. The van der Waals surface area contributed by atoms with Crippen molar-refractivity contribution in [3.63, 3.8) is 0 Å². The number of ether oxygens (including phenoxy) is 3. The molecular weight excluding hydrogens is 498 g/mol. The standard InChI is InChI=1S/C31H21NO7/c1-32-14-16(20-12-17(36-2)7-9-23(20)32)11-26-30(35)19-8-10-25-28(31(19)39-26)21(13-27(33)38-25)22-15-37-24-6-4-3-5-18(24)29(22)34/h3-12,14-15,21H,13H2,1-2H3/b26-11-/t21-/m0/s1. The fourth-order valence-corrected chi connectivity index (χ4v) is 5.49. The largest absolute Gasteiger partial charge is 0.497 e. The number of rotatable bonds is 3. The van der Waals surface area contributed by atoms with E-state index in [9.17, 15) is 14.4 Å². The van der Waals surface area contributed by atoms with E-state index in [1.165, 1.54) is 6.26 Å². The number of carbonyl (C=O) groups is 2. The molecule has 192 valence electrons. The third-order valence-electron chi connectivity index (χ3n) is 7.38. The summed E-state index contributed by atoms with van der Waals surface area (Å²) >= 11 is 0. The minimum Gasteiger partial charge on any atom is -0.497 e. The fraction of sp³-hybridized carbons (Fsp3) is 0.129. The van der Waals surface area contributed by atoms with Gasteiger partial charge < -0.3 is 23.2 Å². The molecule has 5 aromatic rings. The number of aromatic nitrogens is 1. The summed E-state index contributed by atoms with van der Waals surface area (Å²) in [6.45, 7) is 0. The van der Waals surface area contributed by atoms with Gasteiger partial charge in [-0.05, 0) is 48.5 Å². The van der Waals surface area contributed by atoms with Gasteiger partial charge in [0.1, 0.15) is 22.8 Å². The van der Waals surface area contributed by atoms with Crippen molar-refractivity contribution >= 4 is 39.7 Å². The van der Waals surface area contributed by atoms with Crippen LogP contribution in [0, 0.1) is 0 Å². The third-order valence-corrected chi connectivity index (χ3v) is 7.38. The average molecular weight is 520 g/mol. The van der Waals surface area contributed by atoms with E-state index < -0.39 is 11.9 Å². The molecule has 8 nitrogen and oxygen atoms in total. The molecule has 0 unspecified atom stereocenters. The number of ketones is 1. The van der Waals surface area contributed by atoms with Gasteiger partial charge in [0.05, 0.1) is 30.7 Å². The first-order valence-electron chi connectivity index (χ1n) is 12.4. The van der Waals surface area contributed by atoms with Crippen LogP contribution in [0.5, 0.6) is 17.2 Å². The van der Waals surface area contributed by atoms with Crippen LogP contribution >= 0.6 is 0 Å². The molecule has 3 aromatic carbocycles. The maximum Gasteiger partial charge on any atom is 0.312 e. The molecule has 0 radical (unpaired) electrons. The number of nitrogens with zero attached hydrogens (tertiary/aromatic N) is 1. The van der Waals surface area contributed by atoms with Crippen LogP contribution in [0.3, 0.4) is 0 Å². The summed E-state index contributed by atoms with van der Waals surface area (Å²) in [6.07, 6.45) is 4.90. The normalized spacial score (nSPS) is 17.3. The maximum atomic E-state index is 13.5. The molecule has 0 fully saturated rings. The molecule has 1 atom stereocenters. The van der Waals surface area contributed by atoms with Gasteiger partial charge in [-0.2, -0.15) is 0 Å². The highest BCUT2D eigenvalue weighted by Gasteiger charge is 2.39. The molecule has 0 saturated carbocycles. The first-order valence-corrected chi connectivity index (χ1v) is 12.4. The van der Waals surface area contributed by atoms with E-state index in [0.717, 1.165) is 16.5 Å². The lowest BCUT2D eigenvalue weighted by Crippen LogP contribution is -2.25. The number of benzene rings is 3. The quantitative estimate of drug-likeness (QED) is 0.180. The molecule has 0 bridgehead atoms. The van der Waals surface area contributed by atoms with Crippen molar-refractivity contribution in [2.45, 2.75) is 12.3 Å². The van der Waals surface area contributed by atoms with Crippen LogP contribution in [0.15, 0.2) is 82.0 Å². The van der Waals surface area contributed by atoms with Crippen LogP contribution in [0.2, 0.25) is 0 Å². The fourth-order valence-electron chi connectivity index (χ4n) is 5.49. The van der Waals surface area contributed by atoms with Gasteiger partial charge in [-0.1, -0.05) is 12.1 Å². The van der Waals surface area contributed by atoms with Crippen molar-refractivity contribution < 1.29 is 28.2 Å². The van der Waals surface area contributed by atoms with Gasteiger partial charge >= 0.3 is 5.97 Å². The van der Waals surface area contributed by atoms with Crippen LogP contribution in [0.25, 0.3) is 27.9 Å². The van der Waals surface area contributed by atoms with E-state index in [4.69, 9.17) is 18.6 Å². The van der Waals surface area contributed by atoms with Crippen LogP contribution in [-0.2, 0) is 11.8 Å². The van der Waals surface area contributed by atoms with Gasteiger partial charge in [-0.25, -0.2) is 0 Å². The highest BCUT2D eigenvalue weighted by molar-refractivity contribution is 6.15. The monoisotopic (exact) mass is 519 g/mol. The molecule has 7 rings (SSSR count). The van der Waals surface area contributed by atoms with Crippen molar-refractivity contribution in [3.8, 4) is 17.2 Å². The molecule has 4 heterocycles. The lowest BCUT2D eigenvalue weighted by molar-refractivity contribution is -0.135. The molecule has 39 heavy (non-hydrogen) atoms. The zero-order chi connectivity index (χ0) is 26.8. The molecule has 0 spiro atoms. The van der Waals surface area contributed by atoms with Gasteiger partial charge in [0.15, 0.2) is 11.2 Å². The van der Waals surface area contributed by atoms with Gasteiger partial charge in [-0.3, -0.25) is 14.4 Å². The predicted molar refractivity (Wildman–Crippen MR) is 143 cm³/mol. The number of aryl methyl sites for hydroxylation is 1. The number of hydrogen-bond acceptors (Lipinski definition) is 7. The molecule has 2 aliphatic rings. The highest BCUT2D eigenvalue weighted by atomic mass is 16.5. The summed E-state index contributed by atoms with van der Waals surface area (Å²) in [5.74, 6) is -0.110. The Balaban J connectivity index is 1.37. The number of hydrogen-bond donors (Lipinski definition) is 0. The van der Waals surface area contributed by atoms with E-state index in [1.807, 2.05) is 36.0 Å². The van der Waals surface area contributed by atoms with Crippen molar-refractivity contribution in [1.82, 2.24) is 4.57 Å². The number of esters is 1. The second-order valence-corrected chi connectivity index (χ2v) is 9.62. The number of carbonyl (C=O) groups excluding carboxylic acids is 2. The first kappa shape index (κ1) is 23.0. The second-order valence-electron chi connectivity index (χ2n) is 9.62. The van der Waals surface area contributed by atoms with Crippen LogP contribution in [-0.4, -0.2) is 23.4 Å². The number of methoxy groups -OCH3 is 1. The first-order chi connectivity index (χ1) is 18.9. The molecule has 0 N–H and O–H groups in total. The van der Waals surface area contributed by atoms with Gasteiger partial charge in [0, 0.05) is 46.8 Å². The summed E-state index contributed by atoms with van der Waals surface area (Å²) in [4.78, 5) is 39.5. The molecule has 2 aliphatic heterocycles. The molecule has 8 heteroatoms. The van der Waals surface area contributed by atoms with Crippen molar-refractivity contribution in [1.29, 1.82) is 0 Å². The van der Waals surface area contributed by atoms with Gasteiger partial charge in [0.25, 0.3) is 0 Å². The Bertz CT molecular complexity index is 1960. The Hall–Kier alpha value is -5.11. The topological polar surface area (TPSA) is 97.0 Å². The Labute approximate surface area is 221 Å². The summed E-state index contributed by atoms with van der Waals surface area (Å²) in [7, 11) is 3.53. The van der Waals surface area contributed by atoms with Crippen LogP contribution in [0.4, 0.5) is 0 Å². The Morgan fingerprint density at radius 3 is 2.69 bits per heavy atom. The molecule has 0 aliphatic carbocycles. The minimum atomic E-state index is -0.703. The maximum absolute atomic E-state index is 13.5. The summed E-state index contributed by atoms with van der Waals surface area (Å²) < 4.78 is 24.8. The minimum absolute atomic E-state index is 0.0910. The number of Topliss-reactive ketones (excluding diaryl/α,β-unsaturated/α-hetero) is 1. The predicted octanol–water partition coefficient (Wildman–Crippen LogP) is 5.35. The summed E-state index contributed by atoms with van der Waals surface area (Å²) in [5, 5.41) is 1.31. The second kappa shape index (κ2) is 8.46. The van der Waals surface area contributed by atoms with E-state index in [-0.39, 0.29) is 34.9 Å². The molecule has 2 aromatic heterocycles. The summed E-state index contributed by atoms with van der Waals surface area (Å²) in [5.41, 5.74) is 3.08. The van der Waals surface area contributed by atoms with Crippen molar-refractivity contribution in [3.05, 3.63) is 105 Å². The number of allylic oxidation sites excluding steroid dienone is 1. The third kappa shape index (κ3) is 3.49. The van der Waals surface area contributed by atoms with E-state index >= 15 is 0 Å². The van der Waals surface area contributed by atoms with Gasteiger partial charge in [-0.15, -0.1) is 0 Å². The van der Waals surface area contributed by atoms with Crippen molar-refractivity contribution in [2.24, 2.45) is 7.05 Å². The Kier molecular flexibility index (Phi) is 5.00. The SMILES string of the molecule is COc1ccc2c(c1)c(/C=C1\Oc3c(ccc4c3[C@H](c3coc5ccccc5c3=O)CC(=O)O4)C1=O)cn2C. The Morgan fingerprint density at radius 2 is 1.85 bits per heavy atom. The summed E-state index contributed by atoms with van der Waals surface area (Å²) in [6, 6.07) is 15.8. The zero-order valence-corrected chi connectivity index (χ0v) is 21.0.